The van der Waals surface area contributed by atoms with Crippen LogP contribution in [0.25, 0.3) is 5.69 Å². The summed E-state index contributed by atoms with van der Waals surface area (Å²) >= 11 is 0. The number of carbonyl (C=O) groups is 1. The van der Waals surface area contributed by atoms with Crippen LogP contribution in [0.3, 0.4) is 0 Å². The molecule has 1 aromatic heterocycles. The summed E-state index contributed by atoms with van der Waals surface area (Å²) in [5, 5.41) is 11.0. The number of amides is 1. The van der Waals surface area contributed by atoms with Gasteiger partial charge in [-0.15, -0.1) is 0 Å². The molecule has 0 saturated carbocycles. The van der Waals surface area contributed by atoms with Gasteiger partial charge in [0, 0.05) is 23.8 Å². The molecule has 26 heavy (non-hydrogen) atoms. The van der Waals surface area contributed by atoms with Crippen molar-refractivity contribution in [1.82, 2.24) is 20.4 Å². The lowest BCUT2D eigenvalue weighted by atomic mass is 9.94. The van der Waals surface area contributed by atoms with E-state index in [1.807, 2.05) is 13.0 Å². The molecular formula is C20H25FN4O. The molecule has 1 fully saturated rings. The highest BCUT2D eigenvalue weighted by Gasteiger charge is 2.30. The van der Waals surface area contributed by atoms with Crippen molar-refractivity contribution in [2.45, 2.75) is 45.6 Å². The van der Waals surface area contributed by atoms with Crippen LogP contribution in [0.4, 0.5) is 4.39 Å². The van der Waals surface area contributed by atoms with Crippen LogP contribution >= 0.6 is 0 Å². The van der Waals surface area contributed by atoms with Crippen LogP contribution in [-0.4, -0.2) is 34.8 Å². The van der Waals surface area contributed by atoms with Crippen LogP contribution < -0.4 is 10.6 Å². The van der Waals surface area contributed by atoms with Crippen molar-refractivity contribution in [3.63, 3.8) is 0 Å². The molecule has 0 bridgehead atoms. The average Bonchev–Trinajstić information content (AvgIpc) is 3.20. The number of halogens is 1. The minimum Gasteiger partial charge on any atom is -0.346 e. The third-order valence-corrected chi connectivity index (χ3v) is 5.62. The number of benzene rings is 1. The number of carbonyl (C=O) groups excluding carboxylic acids is 1. The SMILES string of the molecule is Cc1ccc(-n2nc(C(=O)NC3CNCCC3C)c3c2CCC3)c(F)c1. The Morgan fingerprint density at radius 2 is 2.23 bits per heavy atom. The lowest BCUT2D eigenvalue weighted by Crippen LogP contribution is -2.50. The maximum atomic E-state index is 14.5. The Morgan fingerprint density at radius 3 is 3.00 bits per heavy atom. The lowest BCUT2D eigenvalue weighted by Gasteiger charge is -2.30. The minimum absolute atomic E-state index is 0.106. The highest BCUT2D eigenvalue weighted by molar-refractivity contribution is 5.94. The molecule has 2 aromatic rings. The van der Waals surface area contributed by atoms with E-state index in [9.17, 15) is 9.18 Å². The van der Waals surface area contributed by atoms with Gasteiger partial charge in [0.25, 0.3) is 5.91 Å². The lowest BCUT2D eigenvalue weighted by molar-refractivity contribution is 0.0908. The Morgan fingerprint density at radius 1 is 1.38 bits per heavy atom. The van der Waals surface area contributed by atoms with Gasteiger partial charge in [-0.3, -0.25) is 4.79 Å². The zero-order valence-corrected chi connectivity index (χ0v) is 15.3. The molecule has 1 amide bonds. The number of hydrogen-bond acceptors (Lipinski definition) is 3. The van der Waals surface area contributed by atoms with Crippen LogP contribution in [-0.2, 0) is 12.8 Å². The molecule has 1 aromatic carbocycles. The van der Waals surface area contributed by atoms with Crippen LogP contribution in [0.5, 0.6) is 0 Å². The number of nitrogens with zero attached hydrogens (tertiary/aromatic N) is 2. The van der Waals surface area contributed by atoms with E-state index in [-0.39, 0.29) is 17.8 Å². The topological polar surface area (TPSA) is 59.0 Å². The average molecular weight is 356 g/mol. The summed E-state index contributed by atoms with van der Waals surface area (Å²) in [4.78, 5) is 12.9. The van der Waals surface area contributed by atoms with E-state index in [1.165, 1.54) is 6.07 Å². The van der Waals surface area contributed by atoms with Gasteiger partial charge in [0.1, 0.15) is 11.5 Å². The highest BCUT2D eigenvalue weighted by atomic mass is 19.1. The Labute approximate surface area is 153 Å². The predicted molar refractivity (Wildman–Crippen MR) is 98.2 cm³/mol. The first-order chi connectivity index (χ1) is 12.5. The fourth-order valence-corrected chi connectivity index (χ4v) is 4.02. The maximum Gasteiger partial charge on any atom is 0.272 e. The minimum atomic E-state index is -0.306. The van der Waals surface area contributed by atoms with Gasteiger partial charge in [-0.1, -0.05) is 13.0 Å². The number of rotatable bonds is 3. The number of hydrogen-bond donors (Lipinski definition) is 2. The number of aromatic nitrogens is 2. The number of piperidine rings is 1. The molecule has 2 aliphatic rings. The Kier molecular flexibility index (Phi) is 4.53. The van der Waals surface area contributed by atoms with Crippen LogP contribution in [0, 0.1) is 18.7 Å². The van der Waals surface area contributed by atoms with E-state index >= 15 is 0 Å². The molecule has 2 N–H and O–H groups in total. The molecule has 6 heteroatoms. The van der Waals surface area contributed by atoms with Crippen LogP contribution in [0.15, 0.2) is 18.2 Å². The third-order valence-electron chi connectivity index (χ3n) is 5.62. The summed E-state index contributed by atoms with van der Waals surface area (Å²) in [6.45, 7) is 5.79. The molecule has 1 saturated heterocycles. The standard InChI is InChI=1S/C20H25FN4O/c1-12-6-7-18(15(21)10-12)25-17-5-3-4-14(17)19(24-25)20(26)23-16-11-22-9-8-13(16)2/h6-7,10,13,16,22H,3-5,8-9,11H2,1-2H3,(H,23,26). The fraction of sp³-hybridized carbons (Fsp3) is 0.500. The summed E-state index contributed by atoms with van der Waals surface area (Å²) in [6, 6.07) is 5.23. The van der Waals surface area contributed by atoms with E-state index in [2.05, 4.69) is 22.7 Å². The molecule has 1 aliphatic carbocycles. The van der Waals surface area contributed by atoms with Gasteiger partial charge in [-0.2, -0.15) is 5.10 Å². The molecule has 2 heterocycles. The van der Waals surface area contributed by atoms with E-state index in [4.69, 9.17) is 0 Å². The fourth-order valence-electron chi connectivity index (χ4n) is 4.02. The van der Waals surface area contributed by atoms with E-state index < -0.39 is 0 Å². The second-order valence-electron chi connectivity index (χ2n) is 7.54. The largest absolute Gasteiger partial charge is 0.346 e. The number of nitrogens with one attached hydrogen (secondary N) is 2. The van der Waals surface area contributed by atoms with Crippen LogP contribution in [0.1, 0.15) is 47.1 Å². The summed E-state index contributed by atoms with van der Waals surface area (Å²) < 4.78 is 16.1. The van der Waals surface area contributed by atoms with Crippen molar-refractivity contribution in [1.29, 1.82) is 0 Å². The molecule has 2 unspecified atom stereocenters. The molecule has 5 nitrogen and oxygen atoms in total. The molecule has 138 valence electrons. The smallest absolute Gasteiger partial charge is 0.272 e. The Bertz CT molecular complexity index is 845. The third kappa shape index (κ3) is 3.03. The molecular weight excluding hydrogens is 331 g/mol. The maximum absolute atomic E-state index is 14.5. The first-order valence-corrected chi connectivity index (χ1v) is 9.43. The summed E-state index contributed by atoms with van der Waals surface area (Å²) in [5.41, 5.74) is 3.68. The summed E-state index contributed by atoms with van der Waals surface area (Å²) in [5.74, 6) is -0.0147. The zero-order chi connectivity index (χ0) is 18.3. The normalized spacial score (nSPS) is 22.3. The van der Waals surface area contributed by atoms with Crippen LogP contribution in [0.2, 0.25) is 0 Å². The Hall–Kier alpha value is -2.21. The summed E-state index contributed by atoms with van der Waals surface area (Å²) in [6.07, 6.45) is 3.67. The van der Waals surface area contributed by atoms with Gasteiger partial charge in [-0.05, 0) is 62.8 Å². The zero-order valence-electron chi connectivity index (χ0n) is 15.3. The van der Waals surface area contributed by atoms with Crippen molar-refractivity contribution in [3.8, 4) is 5.69 Å². The van der Waals surface area contributed by atoms with E-state index in [0.717, 1.165) is 55.6 Å². The van der Waals surface area contributed by atoms with Gasteiger partial charge in [-0.25, -0.2) is 9.07 Å². The van der Waals surface area contributed by atoms with Gasteiger partial charge < -0.3 is 10.6 Å². The van der Waals surface area contributed by atoms with Gasteiger partial charge in [0.15, 0.2) is 5.69 Å². The molecule has 2 atom stereocenters. The first kappa shape index (κ1) is 17.2. The predicted octanol–water partition coefficient (Wildman–Crippen LogP) is 2.54. The van der Waals surface area contributed by atoms with Crippen molar-refractivity contribution in [2.75, 3.05) is 13.1 Å². The van der Waals surface area contributed by atoms with Crippen molar-refractivity contribution >= 4 is 5.91 Å². The summed E-state index contributed by atoms with van der Waals surface area (Å²) in [7, 11) is 0. The van der Waals surface area contributed by atoms with E-state index in [1.54, 1.807) is 10.7 Å². The molecule has 4 rings (SSSR count). The van der Waals surface area contributed by atoms with Gasteiger partial charge in [0.05, 0.1) is 0 Å². The van der Waals surface area contributed by atoms with Crippen molar-refractivity contribution in [3.05, 3.63) is 46.5 Å². The van der Waals surface area contributed by atoms with Gasteiger partial charge in [0.2, 0.25) is 0 Å². The molecule has 0 spiro atoms. The second kappa shape index (κ2) is 6.83. The number of fused-ring (bicyclic) bond motifs is 1. The monoisotopic (exact) mass is 356 g/mol. The van der Waals surface area contributed by atoms with Crippen molar-refractivity contribution in [2.24, 2.45) is 5.92 Å². The number of aryl methyl sites for hydroxylation is 1. The van der Waals surface area contributed by atoms with Gasteiger partial charge >= 0.3 is 0 Å². The quantitative estimate of drug-likeness (QED) is 0.889. The van der Waals surface area contributed by atoms with E-state index in [0.29, 0.717) is 17.3 Å². The van der Waals surface area contributed by atoms with Crippen molar-refractivity contribution < 1.29 is 9.18 Å². The highest BCUT2D eigenvalue weighted by Crippen LogP contribution is 2.29. The first-order valence-electron chi connectivity index (χ1n) is 9.43. The Balaban J connectivity index is 1.66. The second-order valence-corrected chi connectivity index (χ2v) is 7.54. The molecule has 0 radical (unpaired) electrons. The molecule has 1 aliphatic heterocycles.